The fourth-order valence-corrected chi connectivity index (χ4v) is 1.86. The normalized spacial score (nSPS) is 11.4. The summed E-state index contributed by atoms with van der Waals surface area (Å²) in [5, 5.41) is 12.2. The summed E-state index contributed by atoms with van der Waals surface area (Å²) in [5.41, 5.74) is 1.01. The third-order valence-corrected chi connectivity index (χ3v) is 3.16. The van der Waals surface area contributed by atoms with E-state index >= 15 is 0 Å². The lowest BCUT2D eigenvalue weighted by molar-refractivity contribution is -0.139. The molecule has 0 saturated heterocycles. The summed E-state index contributed by atoms with van der Waals surface area (Å²) < 4.78 is 71.4. The second kappa shape index (κ2) is 7.81. The topological polar surface area (TPSA) is 70.9 Å². The number of hydrogen-bond donors (Lipinski definition) is 2. The molecule has 0 aliphatic rings. The zero-order valence-electron chi connectivity index (χ0n) is 13.1. The van der Waals surface area contributed by atoms with E-state index in [0.29, 0.717) is 5.56 Å². The molecule has 0 unspecified atom stereocenters. The number of nitrogens with one attached hydrogen (secondary N) is 1. The molecule has 2 aromatic rings. The molecular formula is C16H11F5N2O3. The highest BCUT2D eigenvalue weighted by molar-refractivity contribution is 5.99. The van der Waals surface area contributed by atoms with Crippen LogP contribution in [0.15, 0.2) is 29.4 Å². The van der Waals surface area contributed by atoms with Crippen LogP contribution in [-0.4, -0.2) is 23.4 Å². The first kappa shape index (κ1) is 19.2. The molecule has 0 spiro atoms. The number of carboxylic acid groups (broad SMARTS) is 1. The molecule has 0 aliphatic heterocycles. The Labute approximate surface area is 143 Å². The summed E-state index contributed by atoms with van der Waals surface area (Å²) in [6, 6.07) is 5.88. The molecule has 0 aliphatic carbocycles. The van der Waals surface area contributed by atoms with Crippen molar-refractivity contribution in [2.24, 2.45) is 5.10 Å². The minimum Gasteiger partial charge on any atom is -0.482 e. The van der Waals surface area contributed by atoms with Crippen LogP contribution in [0.1, 0.15) is 12.5 Å². The van der Waals surface area contributed by atoms with Gasteiger partial charge in [-0.2, -0.15) is 5.10 Å². The number of anilines is 1. The second-order valence-electron chi connectivity index (χ2n) is 4.96. The van der Waals surface area contributed by atoms with Crippen LogP contribution in [0.2, 0.25) is 0 Å². The molecular weight excluding hydrogens is 363 g/mol. The van der Waals surface area contributed by atoms with Crippen molar-refractivity contribution >= 4 is 17.4 Å². The third kappa shape index (κ3) is 4.08. The molecule has 26 heavy (non-hydrogen) atoms. The van der Waals surface area contributed by atoms with Crippen LogP contribution in [0.4, 0.5) is 27.6 Å². The number of carboxylic acids is 1. The maximum Gasteiger partial charge on any atom is 0.341 e. The first-order valence-corrected chi connectivity index (χ1v) is 6.99. The van der Waals surface area contributed by atoms with E-state index in [4.69, 9.17) is 9.84 Å². The van der Waals surface area contributed by atoms with Gasteiger partial charge in [0.1, 0.15) is 11.4 Å². The van der Waals surface area contributed by atoms with Crippen molar-refractivity contribution in [3.05, 3.63) is 58.9 Å². The molecule has 138 valence electrons. The molecule has 10 heteroatoms. The smallest absolute Gasteiger partial charge is 0.341 e. The Morgan fingerprint density at radius 2 is 1.65 bits per heavy atom. The van der Waals surface area contributed by atoms with Gasteiger partial charge in [-0.05, 0) is 19.1 Å². The molecule has 0 heterocycles. The minimum absolute atomic E-state index is 0.120. The Kier molecular flexibility index (Phi) is 5.75. The lowest BCUT2D eigenvalue weighted by Crippen LogP contribution is -2.10. The summed E-state index contributed by atoms with van der Waals surface area (Å²) in [5.74, 6) is -11.5. The monoisotopic (exact) mass is 374 g/mol. The van der Waals surface area contributed by atoms with Crippen molar-refractivity contribution in [1.82, 2.24) is 0 Å². The SMILES string of the molecule is C/C(=N/Nc1c(F)c(F)c(F)c(F)c1F)c1cccc(OCC(=O)O)c1. The van der Waals surface area contributed by atoms with E-state index < -0.39 is 47.3 Å². The van der Waals surface area contributed by atoms with Crippen molar-refractivity contribution in [3.8, 4) is 5.75 Å². The van der Waals surface area contributed by atoms with Crippen LogP contribution in [0.5, 0.6) is 5.75 Å². The molecule has 2 aromatic carbocycles. The first-order valence-electron chi connectivity index (χ1n) is 6.99. The summed E-state index contributed by atoms with van der Waals surface area (Å²) in [4.78, 5) is 10.5. The van der Waals surface area contributed by atoms with Gasteiger partial charge in [-0.15, -0.1) is 0 Å². The molecule has 0 bridgehead atoms. The highest BCUT2D eigenvalue weighted by atomic mass is 19.2. The van der Waals surface area contributed by atoms with Gasteiger partial charge in [0.05, 0.1) is 5.71 Å². The maximum atomic E-state index is 13.6. The van der Waals surface area contributed by atoms with Gasteiger partial charge in [0, 0.05) is 5.56 Å². The van der Waals surface area contributed by atoms with Crippen molar-refractivity contribution in [1.29, 1.82) is 0 Å². The van der Waals surface area contributed by atoms with E-state index in [2.05, 4.69) is 5.10 Å². The van der Waals surface area contributed by atoms with Gasteiger partial charge in [-0.25, -0.2) is 26.7 Å². The standard InChI is InChI=1S/C16H11F5N2O3/c1-7(8-3-2-4-9(5-8)26-6-10(24)25)22-23-16-14(20)12(18)11(17)13(19)15(16)21/h2-5,23H,6H2,1H3,(H,24,25)/b22-7-. The molecule has 0 aromatic heterocycles. The van der Waals surface area contributed by atoms with Gasteiger partial charge in [-0.1, -0.05) is 12.1 Å². The van der Waals surface area contributed by atoms with Crippen LogP contribution in [-0.2, 0) is 4.79 Å². The average molecular weight is 374 g/mol. The second-order valence-corrected chi connectivity index (χ2v) is 4.96. The predicted octanol–water partition coefficient (Wildman–Crippen LogP) is 3.68. The van der Waals surface area contributed by atoms with Gasteiger partial charge in [0.15, 0.2) is 29.9 Å². The van der Waals surface area contributed by atoms with Gasteiger partial charge in [0.25, 0.3) is 0 Å². The molecule has 0 saturated carbocycles. The Balaban J connectivity index is 2.27. The van der Waals surface area contributed by atoms with E-state index in [0.717, 1.165) is 0 Å². The number of hydrogen-bond acceptors (Lipinski definition) is 4. The third-order valence-electron chi connectivity index (χ3n) is 3.16. The van der Waals surface area contributed by atoms with Crippen molar-refractivity contribution in [2.75, 3.05) is 12.0 Å². The van der Waals surface area contributed by atoms with Crippen LogP contribution in [0, 0.1) is 29.1 Å². The van der Waals surface area contributed by atoms with Gasteiger partial charge in [-0.3, -0.25) is 5.43 Å². The largest absolute Gasteiger partial charge is 0.482 e. The van der Waals surface area contributed by atoms with E-state index in [9.17, 15) is 26.7 Å². The number of rotatable bonds is 6. The number of hydrazone groups is 1. The summed E-state index contributed by atoms with van der Waals surface area (Å²) in [6.45, 7) is 0.817. The Hall–Kier alpha value is -3.17. The van der Waals surface area contributed by atoms with Crippen molar-refractivity contribution < 1.29 is 36.6 Å². The average Bonchev–Trinajstić information content (AvgIpc) is 2.63. The number of halogens is 5. The van der Waals surface area contributed by atoms with Crippen LogP contribution >= 0.6 is 0 Å². The van der Waals surface area contributed by atoms with E-state index in [1.54, 1.807) is 0 Å². The number of benzene rings is 2. The fraction of sp³-hybridized carbons (Fsp3) is 0.125. The molecule has 2 rings (SSSR count). The minimum atomic E-state index is -2.27. The molecule has 0 atom stereocenters. The van der Waals surface area contributed by atoms with Gasteiger partial charge < -0.3 is 9.84 Å². The lowest BCUT2D eigenvalue weighted by Gasteiger charge is -2.09. The molecule has 0 fully saturated rings. The van der Waals surface area contributed by atoms with Gasteiger partial charge in [0.2, 0.25) is 5.82 Å². The predicted molar refractivity (Wildman–Crippen MR) is 81.6 cm³/mol. The highest BCUT2D eigenvalue weighted by Crippen LogP contribution is 2.27. The number of nitrogens with zero attached hydrogens (tertiary/aromatic N) is 1. The van der Waals surface area contributed by atoms with E-state index in [-0.39, 0.29) is 11.5 Å². The zero-order valence-corrected chi connectivity index (χ0v) is 13.1. The molecule has 5 nitrogen and oxygen atoms in total. The number of aliphatic carboxylic acids is 1. The van der Waals surface area contributed by atoms with Crippen molar-refractivity contribution in [3.63, 3.8) is 0 Å². The summed E-state index contributed by atoms with van der Waals surface area (Å²) in [6.07, 6.45) is 0. The van der Waals surface area contributed by atoms with Crippen LogP contribution in [0.3, 0.4) is 0 Å². The molecule has 2 N–H and O–H groups in total. The van der Waals surface area contributed by atoms with E-state index in [1.807, 2.05) is 5.43 Å². The fourth-order valence-electron chi connectivity index (χ4n) is 1.86. The lowest BCUT2D eigenvalue weighted by atomic mass is 10.1. The summed E-state index contributed by atoms with van der Waals surface area (Å²) >= 11 is 0. The maximum absolute atomic E-state index is 13.6. The Morgan fingerprint density at radius 3 is 2.23 bits per heavy atom. The Morgan fingerprint density at radius 1 is 1.08 bits per heavy atom. The van der Waals surface area contributed by atoms with Crippen LogP contribution < -0.4 is 10.2 Å². The quantitative estimate of drug-likeness (QED) is 0.266. The van der Waals surface area contributed by atoms with Crippen molar-refractivity contribution in [2.45, 2.75) is 6.92 Å². The number of carbonyl (C=O) groups is 1. The number of ether oxygens (including phenoxy) is 1. The summed E-state index contributed by atoms with van der Waals surface area (Å²) in [7, 11) is 0. The molecule has 0 amide bonds. The highest BCUT2D eigenvalue weighted by Gasteiger charge is 2.25. The van der Waals surface area contributed by atoms with Crippen LogP contribution in [0.25, 0.3) is 0 Å². The Bertz CT molecular complexity index is 857. The molecule has 0 radical (unpaired) electrons. The first-order chi connectivity index (χ1) is 12.2. The van der Waals surface area contributed by atoms with Gasteiger partial charge >= 0.3 is 5.97 Å². The zero-order chi connectivity index (χ0) is 19.4. The van der Waals surface area contributed by atoms with E-state index in [1.165, 1.54) is 31.2 Å².